The quantitative estimate of drug-likeness (QED) is 0.133. The maximum atomic E-state index is 13.1. The van der Waals surface area contributed by atoms with Crippen LogP contribution in [0.25, 0.3) is 22.1 Å². The summed E-state index contributed by atoms with van der Waals surface area (Å²) < 4.78 is 27.3. The molecule has 2 aliphatic heterocycles. The standard InChI is InChI=1S/C27H30O16/c28-6-16-20(33)22(35)24(37)26(42-16)40-8-17-21(34)23(36)25(38)27(43-17)41-10-4-14(31)18-15(5-10)39-7-12(19(18)32)11-2-1-9(29)3-13(11)30/h1-5,7,16-17,20-31,33-38H,6,8H2. The highest BCUT2D eigenvalue weighted by Crippen LogP contribution is 2.35. The van der Waals surface area contributed by atoms with Crippen LogP contribution >= 0.6 is 0 Å². The van der Waals surface area contributed by atoms with E-state index in [1.165, 1.54) is 18.2 Å². The molecule has 16 nitrogen and oxygen atoms in total. The van der Waals surface area contributed by atoms with Crippen molar-refractivity contribution < 1.29 is 74.4 Å². The van der Waals surface area contributed by atoms with Crippen molar-refractivity contribution in [1.29, 1.82) is 0 Å². The first-order valence-corrected chi connectivity index (χ1v) is 13.0. The molecule has 10 atom stereocenters. The molecule has 2 fully saturated rings. The Morgan fingerprint density at radius 3 is 2.05 bits per heavy atom. The number of aliphatic hydroxyl groups excluding tert-OH is 7. The molecule has 2 saturated heterocycles. The van der Waals surface area contributed by atoms with E-state index in [9.17, 15) is 55.9 Å². The molecule has 234 valence electrons. The molecule has 0 aliphatic carbocycles. The third kappa shape index (κ3) is 5.85. The molecule has 0 saturated carbocycles. The van der Waals surface area contributed by atoms with Crippen LogP contribution in [-0.2, 0) is 14.2 Å². The van der Waals surface area contributed by atoms with E-state index in [2.05, 4.69) is 0 Å². The molecular formula is C27H30O16. The summed E-state index contributed by atoms with van der Waals surface area (Å²) in [6.45, 7) is -1.29. The fourth-order valence-electron chi connectivity index (χ4n) is 4.89. The van der Waals surface area contributed by atoms with Crippen molar-refractivity contribution in [2.45, 2.75) is 61.4 Å². The molecule has 10 N–H and O–H groups in total. The fourth-order valence-corrected chi connectivity index (χ4v) is 4.89. The molecule has 3 aromatic rings. The van der Waals surface area contributed by atoms with Gasteiger partial charge in [-0.25, -0.2) is 0 Å². The van der Waals surface area contributed by atoms with E-state index < -0.39 is 91.6 Å². The van der Waals surface area contributed by atoms with E-state index in [4.69, 9.17) is 23.4 Å². The van der Waals surface area contributed by atoms with Crippen LogP contribution in [0, 0.1) is 0 Å². The van der Waals surface area contributed by atoms with Crippen molar-refractivity contribution in [3.8, 4) is 34.1 Å². The minimum Gasteiger partial charge on any atom is -0.508 e. The molecule has 5 rings (SSSR count). The van der Waals surface area contributed by atoms with Gasteiger partial charge in [0.2, 0.25) is 11.7 Å². The monoisotopic (exact) mass is 610 g/mol. The highest BCUT2D eigenvalue weighted by atomic mass is 16.7. The summed E-state index contributed by atoms with van der Waals surface area (Å²) in [5.74, 6) is -1.42. The summed E-state index contributed by atoms with van der Waals surface area (Å²) in [5, 5.41) is 101. The molecule has 43 heavy (non-hydrogen) atoms. The molecule has 3 heterocycles. The first kappa shape index (κ1) is 30.9. The lowest BCUT2D eigenvalue weighted by atomic mass is 9.98. The first-order chi connectivity index (χ1) is 20.4. The molecule has 2 aromatic carbocycles. The Morgan fingerprint density at radius 2 is 1.37 bits per heavy atom. The summed E-state index contributed by atoms with van der Waals surface area (Å²) in [7, 11) is 0. The first-order valence-electron chi connectivity index (χ1n) is 13.0. The molecule has 0 spiro atoms. The number of hydrogen-bond acceptors (Lipinski definition) is 16. The number of phenols is 3. The molecule has 2 aliphatic rings. The lowest BCUT2D eigenvalue weighted by molar-refractivity contribution is -0.323. The van der Waals surface area contributed by atoms with E-state index in [0.717, 1.165) is 18.4 Å². The summed E-state index contributed by atoms with van der Waals surface area (Å²) >= 11 is 0. The van der Waals surface area contributed by atoms with Crippen LogP contribution in [-0.4, -0.2) is 126 Å². The molecule has 0 amide bonds. The van der Waals surface area contributed by atoms with Gasteiger partial charge in [-0.2, -0.15) is 0 Å². The van der Waals surface area contributed by atoms with Crippen molar-refractivity contribution in [1.82, 2.24) is 0 Å². The number of rotatable bonds is 7. The van der Waals surface area contributed by atoms with E-state index in [0.29, 0.717) is 0 Å². The maximum Gasteiger partial charge on any atom is 0.229 e. The van der Waals surface area contributed by atoms with Crippen molar-refractivity contribution in [3.05, 3.63) is 46.8 Å². The number of phenolic OH excluding ortho intramolecular Hbond substituents is 3. The summed E-state index contributed by atoms with van der Waals surface area (Å²) in [5.41, 5.74) is -0.949. The van der Waals surface area contributed by atoms with E-state index in [-0.39, 0.29) is 33.6 Å². The molecular weight excluding hydrogens is 580 g/mol. The van der Waals surface area contributed by atoms with Gasteiger partial charge < -0.3 is 74.4 Å². The Hall–Kier alpha value is -3.55. The lowest BCUT2D eigenvalue weighted by Crippen LogP contribution is -2.62. The van der Waals surface area contributed by atoms with Crippen LogP contribution in [0.5, 0.6) is 23.0 Å². The highest BCUT2D eigenvalue weighted by Gasteiger charge is 2.48. The Kier molecular flexibility index (Phi) is 8.77. The van der Waals surface area contributed by atoms with E-state index in [1.54, 1.807) is 0 Å². The zero-order valence-corrected chi connectivity index (χ0v) is 22.1. The number of aromatic hydroxyl groups is 3. The second-order valence-corrected chi connectivity index (χ2v) is 10.2. The topological polar surface area (TPSA) is 269 Å². The largest absolute Gasteiger partial charge is 0.508 e. The predicted octanol–water partition coefficient (Wildman–Crippen LogP) is -2.42. The van der Waals surface area contributed by atoms with Crippen LogP contribution in [0.3, 0.4) is 0 Å². The van der Waals surface area contributed by atoms with E-state index >= 15 is 0 Å². The molecule has 0 radical (unpaired) electrons. The van der Waals surface area contributed by atoms with Gasteiger partial charge in [-0.3, -0.25) is 4.79 Å². The Bertz CT molecular complexity index is 1510. The van der Waals surface area contributed by atoms with Gasteiger partial charge in [0.25, 0.3) is 0 Å². The van der Waals surface area contributed by atoms with Crippen LogP contribution < -0.4 is 10.2 Å². The second-order valence-electron chi connectivity index (χ2n) is 10.2. The molecule has 0 bridgehead atoms. The van der Waals surface area contributed by atoms with E-state index in [1.807, 2.05) is 0 Å². The smallest absolute Gasteiger partial charge is 0.229 e. The number of hydrogen-bond donors (Lipinski definition) is 10. The van der Waals surface area contributed by atoms with Gasteiger partial charge in [-0.05, 0) is 12.1 Å². The average Bonchev–Trinajstić information content (AvgIpc) is 2.97. The summed E-state index contributed by atoms with van der Waals surface area (Å²) in [4.78, 5) is 13.1. The predicted molar refractivity (Wildman–Crippen MR) is 140 cm³/mol. The van der Waals surface area contributed by atoms with Gasteiger partial charge in [0.1, 0.15) is 89.1 Å². The van der Waals surface area contributed by atoms with Crippen LogP contribution in [0.2, 0.25) is 0 Å². The third-order valence-electron chi connectivity index (χ3n) is 7.30. The minimum absolute atomic E-state index is 0.0384. The van der Waals surface area contributed by atoms with Gasteiger partial charge in [-0.1, -0.05) is 0 Å². The zero-order valence-electron chi connectivity index (χ0n) is 22.1. The maximum absolute atomic E-state index is 13.1. The van der Waals surface area contributed by atoms with Crippen molar-refractivity contribution in [2.24, 2.45) is 0 Å². The van der Waals surface area contributed by atoms with Crippen molar-refractivity contribution in [2.75, 3.05) is 13.2 Å². The Balaban J connectivity index is 1.34. The normalized spacial score (nSPS) is 33.0. The average molecular weight is 611 g/mol. The van der Waals surface area contributed by atoms with Crippen LogP contribution in [0.1, 0.15) is 0 Å². The molecule has 1 aromatic heterocycles. The lowest BCUT2D eigenvalue weighted by Gasteiger charge is -2.42. The zero-order chi connectivity index (χ0) is 31.2. The second kappa shape index (κ2) is 12.2. The number of ether oxygens (including phenoxy) is 4. The van der Waals surface area contributed by atoms with Gasteiger partial charge >= 0.3 is 0 Å². The van der Waals surface area contributed by atoms with Gasteiger partial charge in [-0.15, -0.1) is 0 Å². The van der Waals surface area contributed by atoms with Crippen LogP contribution in [0.15, 0.2) is 45.8 Å². The van der Waals surface area contributed by atoms with Crippen molar-refractivity contribution >= 4 is 11.0 Å². The minimum atomic E-state index is -1.82. The van der Waals surface area contributed by atoms with Crippen molar-refractivity contribution in [3.63, 3.8) is 0 Å². The fraction of sp³-hybridized carbons (Fsp3) is 0.444. The van der Waals surface area contributed by atoms with Gasteiger partial charge in [0, 0.05) is 23.8 Å². The molecule has 16 heteroatoms. The summed E-state index contributed by atoms with van der Waals surface area (Å²) in [6, 6.07) is 5.75. The van der Waals surface area contributed by atoms with Crippen LogP contribution in [0.4, 0.5) is 0 Å². The summed E-state index contributed by atoms with van der Waals surface area (Å²) in [6.07, 6.45) is -15.3. The third-order valence-corrected chi connectivity index (χ3v) is 7.30. The van der Waals surface area contributed by atoms with Gasteiger partial charge in [0.15, 0.2) is 6.29 Å². The number of aliphatic hydroxyl groups is 7. The highest BCUT2D eigenvalue weighted by molar-refractivity contribution is 5.88. The van der Waals surface area contributed by atoms with Gasteiger partial charge in [0.05, 0.1) is 18.8 Å². The number of benzene rings is 2. The Morgan fingerprint density at radius 1 is 0.721 bits per heavy atom. The Labute approximate surface area is 241 Å². The number of fused-ring (bicyclic) bond motifs is 1. The molecule has 10 unspecified atom stereocenters. The SMILES string of the molecule is O=c1c(-c2ccc(O)cc2O)coc2cc(OC3OC(COC4OC(CO)C(O)C(O)C4O)C(O)C(O)C3O)cc(O)c12.